The number of nitrogens with zero attached hydrogens (tertiary/aromatic N) is 3. The van der Waals surface area contributed by atoms with E-state index in [1.165, 1.54) is 16.8 Å². The number of guanidine groups is 1. The lowest BCUT2D eigenvalue weighted by Gasteiger charge is -2.36. The zero-order chi connectivity index (χ0) is 21.0. The Kier molecular flexibility index (Phi) is 9.00. The highest BCUT2D eigenvalue weighted by Crippen LogP contribution is 2.18. The highest BCUT2D eigenvalue weighted by atomic mass is 16.5. The fourth-order valence-electron chi connectivity index (χ4n) is 3.69. The molecule has 0 saturated carbocycles. The third kappa shape index (κ3) is 6.75. The van der Waals surface area contributed by atoms with Crippen molar-refractivity contribution in [3.63, 3.8) is 0 Å². The Morgan fingerprint density at radius 2 is 1.63 bits per heavy atom. The summed E-state index contributed by atoms with van der Waals surface area (Å²) in [4.78, 5) is 9.79. The van der Waals surface area contributed by atoms with Gasteiger partial charge in [-0.2, -0.15) is 0 Å². The topological polar surface area (TPSA) is 52.1 Å². The van der Waals surface area contributed by atoms with Gasteiger partial charge in [-0.3, -0.25) is 4.90 Å². The minimum Gasteiger partial charge on any atom is -0.383 e. The van der Waals surface area contributed by atoms with Crippen LogP contribution in [-0.4, -0.2) is 63.8 Å². The predicted molar refractivity (Wildman–Crippen MR) is 125 cm³/mol. The summed E-state index contributed by atoms with van der Waals surface area (Å²) in [6, 6.07) is 19.4. The largest absolute Gasteiger partial charge is 0.383 e. The van der Waals surface area contributed by atoms with Crippen LogP contribution in [0.4, 0.5) is 5.69 Å². The molecule has 0 spiro atoms. The molecule has 1 saturated heterocycles. The van der Waals surface area contributed by atoms with Gasteiger partial charge in [-0.05, 0) is 30.2 Å². The van der Waals surface area contributed by atoms with Crippen LogP contribution >= 0.6 is 0 Å². The van der Waals surface area contributed by atoms with E-state index in [1.807, 2.05) is 0 Å². The van der Waals surface area contributed by atoms with Crippen molar-refractivity contribution in [3.05, 3.63) is 65.7 Å². The quantitative estimate of drug-likeness (QED) is 0.379. The van der Waals surface area contributed by atoms with Crippen LogP contribution in [0.25, 0.3) is 0 Å². The van der Waals surface area contributed by atoms with Crippen molar-refractivity contribution in [2.75, 3.05) is 57.9 Å². The van der Waals surface area contributed by atoms with E-state index in [-0.39, 0.29) is 0 Å². The number of ether oxygens (including phenoxy) is 1. The number of rotatable bonds is 9. The van der Waals surface area contributed by atoms with Crippen LogP contribution in [0.1, 0.15) is 18.1 Å². The molecule has 0 radical (unpaired) electrons. The fraction of sp³-hybridized carbons (Fsp3) is 0.458. The second kappa shape index (κ2) is 12.2. The van der Waals surface area contributed by atoms with Crippen LogP contribution in [0.5, 0.6) is 0 Å². The predicted octanol–water partition coefficient (Wildman–Crippen LogP) is 2.71. The molecule has 0 bridgehead atoms. The van der Waals surface area contributed by atoms with Crippen LogP contribution in [0, 0.1) is 0 Å². The number of aliphatic imine (C=N–C) groups is 1. The van der Waals surface area contributed by atoms with Gasteiger partial charge in [0.15, 0.2) is 5.96 Å². The summed E-state index contributed by atoms with van der Waals surface area (Å²) in [6.45, 7) is 10.3. The highest BCUT2D eigenvalue weighted by molar-refractivity contribution is 5.79. The van der Waals surface area contributed by atoms with Gasteiger partial charge in [0, 0.05) is 58.6 Å². The van der Waals surface area contributed by atoms with E-state index in [4.69, 9.17) is 9.73 Å². The fourth-order valence-corrected chi connectivity index (χ4v) is 3.69. The first-order valence-corrected chi connectivity index (χ1v) is 10.9. The molecule has 1 fully saturated rings. The third-order valence-electron chi connectivity index (χ3n) is 5.36. The molecule has 2 N–H and O–H groups in total. The van der Waals surface area contributed by atoms with E-state index in [9.17, 15) is 0 Å². The Hall–Kier alpha value is -2.57. The standard InChI is InChI=1S/C24H35N5O/c1-3-25-24(26-13-18-30-2)27-19-21-9-7-8-10-22(21)20-28-14-16-29(17-15-28)23-11-5-4-6-12-23/h4-12H,3,13-20H2,1-2H3,(H2,25,26,27). The Morgan fingerprint density at radius 3 is 2.33 bits per heavy atom. The van der Waals surface area contributed by atoms with Gasteiger partial charge >= 0.3 is 0 Å². The number of nitrogens with one attached hydrogen (secondary N) is 2. The number of piperazine rings is 1. The van der Waals surface area contributed by atoms with Crippen molar-refractivity contribution in [2.24, 2.45) is 4.99 Å². The average molecular weight is 410 g/mol. The molecule has 1 aliphatic heterocycles. The average Bonchev–Trinajstić information content (AvgIpc) is 2.79. The highest BCUT2D eigenvalue weighted by Gasteiger charge is 2.18. The lowest BCUT2D eigenvalue weighted by molar-refractivity contribution is 0.203. The van der Waals surface area contributed by atoms with Gasteiger partial charge in [-0.1, -0.05) is 42.5 Å². The van der Waals surface area contributed by atoms with Crippen molar-refractivity contribution in [3.8, 4) is 0 Å². The maximum Gasteiger partial charge on any atom is 0.191 e. The van der Waals surface area contributed by atoms with E-state index < -0.39 is 0 Å². The van der Waals surface area contributed by atoms with Crippen molar-refractivity contribution in [1.82, 2.24) is 15.5 Å². The van der Waals surface area contributed by atoms with Gasteiger partial charge in [0.05, 0.1) is 13.2 Å². The number of anilines is 1. The normalized spacial score (nSPS) is 15.3. The minimum absolute atomic E-state index is 0.663. The van der Waals surface area contributed by atoms with Gasteiger partial charge in [-0.15, -0.1) is 0 Å². The summed E-state index contributed by atoms with van der Waals surface area (Å²) >= 11 is 0. The Labute approximate surface area is 180 Å². The zero-order valence-corrected chi connectivity index (χ0v) is 18.3. The van der Waals surface area contributed by atoms with Crippen molar-refractivity contribution in [1.29, 1.82) is 0 Å². The van der Waals surface area contributed by atoms with E-state index >= 15 is 0 Å². The molecule has 3 rings (SSSR count). The van der Waals surface area contributed by atoms with Crippen LogP contribution < -0.4 is 15.5 Å². The molecule has 6 nitrogen and oxygen atoms in total. The van der Waals surface area contributed by atoms with Crippen LogP contribution in [0.15, 0.2) is 59.6 Å². The lowest BCUT2D eigenvalue weighted by Crippen LogP contribution is -2.46. The first-order valence-electron chi connectivity index (χ1n) is 10.9. The molecule has 0 aromatic heterocycles. The van der Waals surface area contributed by atoms with Crippen LogP contribution in [0.2, 0.25) is 0 Å². The second-order valence-electron chi connectivity index (χ2n) is 7.48. The number of methoxy groups -OCH3 is 1. The van der Waals surface area contributed by atoms with E-state index in [2.05, 4.69) is 82.0 Å². The molecule has 6 heteroatoms. The summed E-state index contributed by atoms with van der Waals surface area (Å²) in [5.74, 6) is 0.834. The Balaban J connectivity index is 1.57. The number of hydrogen-bond donors (Lipinski definition) is 2. The Morgan fingerprint density at radius 1 is 0.933 bits per heavy atom. The minimum atomic E-state index is 0.663. The number of benzene rings is 2. The second-order valence-corrected chi connectivity index (χ2v) is 7.48. The number of hydrogen-bond acceptors (Lipinski definition) is 4. The van der Waals surface area contributed by atoms with Gasteiger partial charge < -0.3 is 20.3 Å². The van der Waals surface area contributed by atoms with E-state index in [0.29, 0.717) is 13.2 Å². The van der Waals surface area contributed by atoms with Crippen LogP contribution in [0.3, 0.4) is 0 Å². The molecule has 0 amide bonds. The molecule has 0 aliphatic carbocycles. The number of para-hydroxylation sites is 1. The molecule has 1 heterocycles. The van der Waals surface area contributed by atoms with E-state index in [1.54, 1.807) is 7.11 Å². The molecular weight excluding hydrogens is 374 g/mol. The molecule has 2 aromatic carbocycles. The van der Waals surface area contributed by atoms with Crippen LogP contribution in [-0.2, 0) is 17.8 Å². The molecule has 30 heavy (non-hydrogen) atoms. The van der Waals surface area contributed by atoms with Crippen molar-refractivity contribution < 1.29 is 4.74 Å². The third-order valence-corrected chi connectivity index (χ3v) is 5.36. The summed E-state index contributed by atoms with van der Waals surface area (Å²) < 4.78 is 5.12. The summed E-state index contributed by atoms with van der Waals surface area (Å²) in [5.41, 5.74) is 3.97. The maximum absolute atomic E-state index is 5.12. The van der Waals surface area contributed by atoms with Gasteiger partial charge in [0.25, 0.3) is 0 Å². The van der Waals surface area contributed by atoms with Crippen molar-refractivity contribution >= 4 is 11.6 Å². The first kappa shape index (κ1) is 22.1. The van der Waals surface area contributed by atoms with Gasteiger partial charge in [0.2, 0.25) is 0 Å². The molecule has 162 valence electrons. The summed E-state index contributed by atoms with van der Waals surface area (Å²) in [5, 5.41) is 6.61. The first-order chi connectivity index (χ1) is 14.8. The molecule has 0 atom stereocenters. The summed E-state index contributed by atoms with van der Waals surface area (Å²) in [7, 11) is 1.71. The molecular formula is C24H35N5O. The summed E-state index contributed by atoms with van der Waals surface area (Å²) in [6.07, 6.45) is 0. The monoisotopic (exact) mass is 409 g/mol. The Bertz CT molecular complexity index is 772. The zero-order valence-electron chi connectivity index (χ0n) is 18.3. The van der Waals surface area contributed by atoms with Crippen molar-refractivity contribution in [2.45, 2.75) is 20.0 Å². The lowest BCUT2D eigenvalue weighted by atomic mass is 10.1. The van der Waals surface area contributed by atoms with Gasteiger partial charge in [0.1, 0.15) is 0 Å². The smallest absolute Gasteiger partial charge is 0.191 e. The molecule has 2 aromatic rings. The maximum atomic E-state index is 5.12. The SMILES string of the molecule is CCNC(=NCc1ccccc1CN1CCN(c2ccccc2)CC1)NCCOC. The van der Waals surface area contributed by atoms with E-state index in [0.717, 1.165) is 51.8 Å². The van der Waals surface area contributed by atoms with Gasteiger partial charge in [-0.25, -0.2) is 4.99 Å². The molecule has 1 aliphatic rings. The molecule has 0 unspecified atom stereocenters.